The summed E-state index contributed by atoms with van der Waals surface area (Å²) < 4.78 is 56.1. The Kier molecular flexibility index (Phi) is 4.96. The smallest absolute Gasteiger partial charge is 0.381 e. The molecule has 32 heavy (non-hydrogen) atoms. The van der Waals surface area contributed by atoms with E-state index in [2.05, 4.69) is 5.16 Å². The van der Waals surface area contributed by atoms with E-state index < -0.39 is 23.9 Å². The molecule has 1 aliphatic carbocycles. The highest BCUT2D eigenvalue weighted by molar-refractivity contribution is 6.30. The van der Waals surface area contributed by atoms with Crippen molar-refractivity contribution in [3.63, 3.8) is 0 Å². The quantitative estimate of drug-likeness (QED) is 0.581. The third kappa shape index (κ3) is 3.74. The summed E-state index contributed by atoms with van der Waals surface area (Å²) in [6.07, 6.45) is -5.05. The van der Waals surface area contributed by atoms with Gasteiger partial charge in [-0.1, -0.05) is 53.2 Å². The first-order chi connectivity index (χ1) is 15.2. The second-order valence-electron chi connectivity index (χ2n) is 8.59. The number of amides is 1. The molecule has 0 radical (unpaired) electrons. The zero-order valence-electron chi connectivity index (χ0n) is 16.8. The summed E-state index contributed by atoms with van der Waals surface area (Å²) in [7, 11) is 0. The van der Waals surface area contributed by atoms with Crippen molar-refractivity contribution in [3.05, 3.63) is 70.2 Å². The Labute approximate surface area is 186 Å². The molecule has 2 heterocycles. The predicted octanol–water partition coefficient (Wildman–Crippen LogP) is 5.21. The Morgan fingerprint density at radius 1 is 1.12 bits per heavy atom. The molecule has 2 aromatic carbocycles. The summed E-state index contributed by atoms with van der Waals surface area (Å²) >= 11 is 6.00. The number of hydrogen-bond acceptors (Lipinski definition) is 3. The number of likely N-dealkylation sites (tertiary alicyclic amines) is 1. The van der Waals surface area contributed by atoms with Crippen LogP contribution in [0.3, 0.4) is 0 Å². The van der Waals surface area contributed by atoms with Crippen LogP contribution in [-0.2, 0) is 15.3 Å². The molecule has 2 aromatic rings. The average Bonchev–Trinajstić information content (AvgIpc) is 3.47. The fourth-order valence-corrected chi connectivity index (χ4v) is 4.51. The highest BCUT2D eigenvalue weighted by atomic mass is 35.5. The van der Waals surface area contributed by atoms with Crippen molar-refractivity contribution in [3.8, 4) is 0 Å². The summed E-state index contributed by atoms with van der Waals surface area (Å²) in [6.45, 7) is -0.0138. The maximum absolute atomic E-state index is 15.2. The van der Waals surface area contributed by atoms with Gasteiger partial charge in [0, 0.05) is 16.5 Å². The summed E-state index contributed by atoms with van der Waals surface area (Å²) in [6, 6.07) is 12.3. The van der Waals surface area contributed by atoms with Gasteiger partial charge >= 0.3 is 6.18 Å². The highest BCUT2D eigenvalue weighted by Gasteiger charge is 2.53. The largest absolute Gasteiger partial charge is 0.429 e. The normalized spacial score (nSPS) is 24.5. The van der Waals surface area contributed by atoms with Gasteiger partial charge in [0.15, 0.2) is 5.67 Å². The molecule has 9 heteroatoms. The lowest BCUT2D eigenvalue weighted by atomic mass is 9.83. The van der Waals surface area contributed by atoms with Crippen LogP contribution >= 0.6 is 11.6 Å². The monoisotopic (exact) mass is 466 g/mol. The molecule has 0 bridgehead atoms. The topological polar surface area (TPSA) is 41.9 Å². The highest BCUT2D eigenvalue weighted by Crippen LogP contribution is 2.43. The molecular formula is C23H19ClF4N2O2. The number of oxime groups is 1. The number of halogens is 5. The molecule has 1 saturated heterocycles. The Hall–Kier alpha value is -2.61. The molecule has 0 aromatic heterocycles. The van der Waals surface area contributed by atoms with Crippen LogP contribution in [0.15, 0.2) is 53.7 Å². The molecule has 5 rings (SSSR count). The summed E-state index contributed by atoms with van der Waals surface area (Å²) in [5.74, 6) is -1.17. The van der Waals surface area contributed by atoms with Crippen LogP contribution in [0.1, 0.15) is 35.4 Å². The first-order valence-corrected chi connectivity index (χ1v) is 10.7. The van der Waals surface area contributed by atoms with Crippen LogP contribution in [0.25, 0.3) is 0 Å². The van der Waals surface area contributed by atoms with Crippen LogP contribution in [0.4, 0.5) is 17.6 Å². The van der Waals surface area contributed by atoms with E-state index in [1.54, 1.807) is 30.3 Å². The lowest BCUT2D eigenvalue weighted by molar-refractivity contribution is -0.216. The van der Waals surface area contributed by atoms with E-state index >= 15 is 4.39 Å². The molecule has 4 nitrogen and oxygen atoms in total. The molecule has 168 valence electrons. The fourth-order valence-electron chi connectivity index (χ4n) is 4.31. The van der Waals surface area contributed by atoms with Gasteiger partial charge in [-0.05, 0) is 36.1 Å². The van der Waals surface area contributed by atoms with Gasteiger partial charge in [0.25, 0.3) is 0 Å². The van der Waals surface area contributed by atoms with Crippen molar-refractivity contribution in [1.29, 1.82) is 0 Å². The standard InChI is InChI=1S/C23H19ClF4N2O2/c24-17-3-1-2-15(10-17)18-19(29-32-20(18)23(26,27)28)13-6-8-16(9-7-13)22(25)11-30(12-22)21(31)14-4-5-14/h1-3,6-10,14,18,20H,4-5,11-12H2. The van der Waals surface area contributed by atoms with E-state index in [0.717, 1.165) is 12.8 Å². The molecule has 2 unspecified atom stereocenters. The number of carbonyl (C=O) groups excluding carboxylic acids is 1. The van der Waals surface area contributed by atoms with Gasteiger partial charge in [-0.3, -0.25) is 4.79 Å². The first-order valence-electron chi connectivity index (χ1n) is 10.3. The van der Waals surface area contributed by atoms with Gasteiger partial charge < -0.3 is 9.74 Å². The first kappa shape index (κ1) is 21.2. The van der Waals surface area contributed by atoms with Crippen LogP contribution in [0.2, 0.25) is 5.02 Å². The van der Waals surface area contributed by atoms with Gasteiger partial charge in [0.2, 0.25) is 12.0 Å². The number of nitrogens with zero attached hydrogens (tertiary/aromatic N) is 2. The third-order valence-electron chi connectivity index (χ3n) is 6.21. The summed E-state index contributed by atoms with van der Waals surface area (Å²) in [5.41, 5.74) is -0.437. The third-order valence-corrected chi connectivity index (χ3v) is 6.45. The lowest BCUT2D eigenvalue weighted by Gasteiger charge is -2.45. The van der Waals surface area contributed by atoms with Crippen molar-refractivity contribution < 1.29 is 27.2 Å². The maximum atomic E-state index is 15.2. The van der Waals surface area contributed by atoms with E-state index in [1.165, 1.54) is 23.1 Å². The van der Waals surface area contributed by atoms with Crippen LogP contribution in [0, 0.1) is 5.92 Å². The summed E-state index contributed by atoms with van der Waals surface area (Å²) in [5, 5.41) is 4.04. The van der Waals surface area contributed by atoms with E-state index in [9.17, 15) is 18.0 Å². The van der Waals surface area contributed by atoms with Crippen LogP contribution in [-0.4, -0.2) is 41.9 Å². The Morgan fingerprint density at radius 2 is 1.81 bits per heavy atom. The SMILES string of the molecule is O=C(C1CC1)N1CC(F)(c2ccc(C3=NOC(C(F)(F)F)C3c3cccc(Cl)c3)cc2)C1. The van der Waals surface area contributed by atoms with E-state index in [0.29, 0.717) is 21.7 Å². The molecule has 2 aliphatic heterocycles. The van der Waals surface area contributed by atoms with Gasteiger partial charge in [-0.15, -0.1) is 0 Å². The molecule has 0 N–H and O–H groups in total. The van der Waals surface area contributed by atoms with Gasteiger partial charge in [-0.2, -0.15) is 13.2 Å². The Morgan fingerprint density at radius 3 is 2.41 bits per heavy atom. The van der Waals surface area contributed by atoms with Crippen molar-refractivity contribution in [2.24, 2.45) is 11.1 Å². The van der Waals surface area contributed by atoms with Gasteiger partial charge in [0.1, 0.15) is 0 Å². The van der Waals surface area contributed by atoms with E-state index in [4.69, 9.17) is 16.4 Å². The Bertz CT molecular complexity index is 1080. The molecule has 2 atom stereocenters. The van der Waals surface area contributed by atoms with E-state index in [1.807, 2.05) is 0 Å². The van der Waals surface area contributed by atoms with Crippen molar-refractivity contribution >= 4 is 23.2 Å². The second-order valence-corrected chi connectivity index (χ2v) is 9.02. The maximum Gasteiger partial charge on any atom is 0.429 e. The van der Waals surface area contributed by atoms with Crippen molar-refractivity contribution in [2.45, 2.75) is 36.7 Å². The molecule has 0 spiro atoms. The minimum absolute atomic E-state index is 0.00471. The zero-order valence-corrected chi connectivity index (χ0v) is 17.5. The number of alkyl halides is 4. The average molecular weight is 467 g/mol. The minimum atomic E-state index is -4.63. The molecule has 1 saturated carbocycles. The van der Waals surface area contributed by atoms with Crippen LogP contribution < -0.4 is 0 Å². The van der Waals surface area contributed by atoms with Crippen molar-refractivity contribution in [2.75, 3.05) is 13.1 Å². The molecule has 2 fully saturated rings. The van der Waals surface area contributed by atoms with Gasteiger partial charge in [-0.25, -0.2) is 4.39 Å². The molecular weight excluding hydrogens is 448 g/mol. The van der Waals surface area contributed by atoms with Gasteiger partial charge in [0.05, 0.1) is 24.7 Å². The predicted molar refractivity (Wildman–Crippen MR) is 110 cm³/mol. The molecule has 1 amide bonds. The fraction of sp³-hybridized carbons (Fsp3) is 0.391. The number of rotatable bonds is 4. The minimum Gasteiger partial charge on any atom is -0.381 e. The number of carbonyl (C=O) groups is 1. The number of hydrogen-bond donors (Lipinski definition) is 0. The number of benzene rings is 2. The second kappa shape index (κ2) is 7.47. The zero-order chi connectivity index (χ0) is 22.7. The summed E-state index contributed by atoms with van der Waals surface area (Å²) in [4.78, 5) is 18.4. The Balaban J connectivity index is 1.38. The van der Waals surface area contributed by atoms with Crippen LogP contribution in [0.5, 0.6) is 0 Å². The lowest BCUT2D eigenvalue weighted by Crippen LogP contribution is -2.59. The van der Waals surface area contributed by atoms with Crippen molar-refractivity contribution in [1.82, 2.24) is 4.90 Å². The van der Waals surface area contributed by atoms with E-state index in [-0.39, 0.29) is 30.6 Å². The molecule has 3 aliphatic rings.